The Hall–Kier alpha value is -3.69. The second-order valence-corrected chi connectivity index (χ2v) is 9.09. The zero-order chi connectivity index (χ0) is 22.9. The molecule has 3 N–H and O–H groups in total. The molecule has 2 heterocycles. The van der Waals surface area contributed by atoms with Gasteiger partial charge in [-0.15, -0.1) is 0 Å². The van der Waals surface area contributed by atoms with Crippen LogP contribution in [0, 0.1) is 6.92 Å². The molecule has 9 heteroatoms. The number of nitrogens with zero attached hydrogens (tertiary/aromatic N) is 1. The zero-order valence-corrected chi connectivity index (χ0v) is 18.1. The van der Waals surface area contributed by atoms with Gasteiger partial charge in [-0.2, -0.15) is 0 Å². The van der Waals surface area contributed by atoms with Crippen LogP contribution < -0.4 is 10.7 Å². The molecular formula is C23H21N3O5S. The van der Waals surface area contributed by atoms with Crippen LogP contribution in [-0.4, -0.2) is 24.2 Å². The van der Waals surface area contributed by atoms with E-state index in [2.05, 4.69) is 4.98 Å². The maximum absolute atomic E-state index is 13.3. The molecule has 0 saturated carbocycles. The van der Waals surface area contributed by atoms with Gasteiger partial charge in [-0.1, -0.05) is 11.6 Å². The highest BCUT2D eigenvalue weighted by atomic mass is 32.2. The molecule has 0 aliphatic carbocycles. The van der Waals surface area contributed by atoms with E-state index in [-0.39, 0.29) is 35.0 Å². The third-order valence-electron chi connectivity index (χ3n) is 5.08. The van der Waals surface area contributed by atoms with Crippen molar-refractivity contribution in [2.75, 3.05) is 0 Å². The van der Waals surface area contributed by atoms with Crippen LogP contribution in [0.4, 0.5) is 0 Å². The lowest BCUT2D eigenvalue weighted by molar-refractivity contribution is 0.0717. The first kappa shape index (κ1) is 21.5. The van der Waals surface area contributed by atoms with E-state index in [1.807, 2.05) is 25.1 Å². The van der Waals surface area contributed by atoms with Gasteiger partial charge in [-0.3, -0.25) is 9.59 Å². The number of aromatic nitrogens is 1. The van der Waals surface area contributed by atoms with Gasteiger partial charge in [0.05, 0.1) is 24.2 Å². The molecule has 0 spiro atoms. The monoisotopic (exact) mass is 451 g/mol. The van der Waals surface area contributed by atoms with Gasteiger partial charge in [0, 0.05) is 16.6 Å². The lowest BCUT2D eigenvalue weighted by Gasteiger charge is -2.22. The summed E-state index contributed by atoms with van der Waals surface area (Å²) in [5, 5.41) is 6.00. The van der Waals surface area contributed by atoms with Crippen molar-refractivity contribution in [2.45, 2.75) is 24.9 Å². The van der Waals surface area contributed by atoms with Gasteiger partial charge in [-0.05, 0) is 66.9 Å². The predicted octanol–water partition coefficient (Wildman–Crippen LogP) is 2.92. The number of furan rings is 1. The maximum atomic E-state index is 13.3. The van der Waals surface area contributed by atoms with Crippen molar-refractivity contribution >= 4 is 26.8 Å². The fraction of sp³-hybridized carbons (Fsp3) is 0.130. The Balaban J connectivity index is 1.69. The van der Waals surface area contributed by atoms with Crippen LogP contribution in [0.5, 0.6) is 0 Å². The van der Waals surface area contributed by atoms with E-state index in [0.29, 0.717) is 16.8 Å². The zero-order valence-electron chi connectivity index (χ0n) is 17.2. The van der Waals surface area contributed by atoms with E-state index < -0.39 is 10.0 Å². The van der Waals surface area contributed by atoms with Crippen LogP contribution >= 0.6 is 0 Å². The summed E-state index contributed by atoms with van der Waals surface area (Å²) in [6.45, 7) is 2.13. The van der Waals surface area contributed by atoms with Crippen molar-refractivity contribution in [1.82, 2.24) is 9.88 Å². The van der Waals surface area contributed by atoms with Crippen molar-refractivity contribution in [3.05, 3.63) is 99.7 Å². The highest BCUT2D eigenvalue weighted by Crippen LogP contribution is 2.18. The largest absolute Gasteiger partial charge is 0.467 e. The van der Waals surface area contributed by atoms with Gasteiger partial charge in [0.1, 0.15) is 5.76 Å². The van der Waals surface area contributed by atoms with E-state index in [0.717, 1.165) is 10.9 Å². The molecule has 4 rings (SSSR count). The Labute approximate surface area is 184 Å². The van der Waals surface area contributed by atoms with Crippen molar-refractivity contribution in [3.63, 3.8) is 0 Å². The molecule has 0 radical (unpaired) electrons. The number of sulfonamides is 1. The number of H-pyrrole nitrogens is 1. The molecule has 32 heavy (non-hydrogen) atoms. The number of pyridine rings is 1. The lowest BCUT2D eigenvalue weighted by Crippen LogP contribution is -2.32. The molecule has 0 saturated heterocycles. The van der Waals surface area contributed by atoms with Crippen LogP contribution in [-0.2, 0) is 23.1 Å². The van der Waals surface area contributed by atoms with Crippen LogP contribution in [0.2, 0.25) is 0 Å². The molecule has 164 valence electrons. The summed E-state index contributed by atoms with van der Waals surface area (Å²) >= 11 is 0. The number of hydrogen-bond donors (Lipinski definition) is 2. The van der Waals surface area contributed by atoms with Crippen molar-refractivity contribution < 1.29 is 17.6 Å². The maximum Gasteiger partial charge on any atom is 0.254 e. The normalized spacial score (nSPS) is 11.6. The third-order valence-corrected chi connectivity index (χ3v) is 6.01. The summed E-state index contributed by atoms with van der Waals surface area (Å²) in [7, 11) is -3.87. The van der Waals surface area contributed by atoms with Crippen molar-refractivity contribution in [1.29, 1.82) is 0 Å². The van der Waals surface area contributed by atoms with Gasteiger partial charge < -0.3 is 14.3 Å². The minimum absolute atomic E-state index is 0.0374. The first-order valence-corrected chi connectivity index (χ1v) is 11.3. The Morgan fingerprint density at radius 3 is 2.47 bits per heavy atom. The number of nitrogens with two attached hydrogens (primary N) is 1. The number of benzene rings is 2. The number of carbonyl (C=O) groups is 1. The van der Waals surface area contributed by atoms with E-state index in [1.165, 1.54) is 35.4 Å². The molecule has 0 bridgehead atoms. The van der Waals surface area contributed by atoms with Crippen molar-refractivity contribution in [3.8, 4) is 0 Å². The second kappa shape index (κ2) is 8.45. The van der Waals surface area contributed by atoms with Crippen LogP contribution in [0.25, 0.3) is 10.9 Å². The molecule has 1 amide bonds. The Morgan fingerprint density at radius 1 is 1.06 bits per heavy atom. The quantitative estimate of drug-likeness (QED) is 0.466. The van der Waals surface area contributed by atoms with E-state index in [1.54, 1.807) is 18.2 Å². The van der Waals surface area contributed by atoms with Crippen molar-refractivity contribution in [2.24, 2.45) is 5.14 Å². The number of aryl methyl sites for hydroxylation is 1. The number of nitrogens with one attached hydrogen (secondary N) is 1. The number of carbonyl (C=O) groups excluding carboxylic acids is 1. The summed E-state index contributed by atoms with van der Waals surface area (Å²) in [6.07, 6.45) is 1.50. The van der Waals surface area contributed by atoms with E-state index >= 15 is 0 Å². The summed E-state index contributed by atoms with van der Waals surface area (Å²) in [4.78, 5) is 30.2. The smallest absolute Gasteiger partial charge is 0.254 e. The Morgan fingerprint density at radius 2 is 1.81 bits per heavy atom. The molecule has 2 aromatic carbocycles. The van der Waals surface area contributed by atoms with E-state index in [4.69, 9.17) is 9.56 Å². The second-order valence-electron chi connectivity index (χ2n) is 7.52. The predicted molar refractivity (Wildman–Crippen MR) is 119 cm³/mol. The molecular weight excluding hydrogens is 430 g/mol. The van der Waals surface area contributed by atoms with Gasteiger partial charge in [0.25, 0.3) is 11.5 Å². The fourth-order valence-electron chi connectivity index (χ4n) is 3.45. The van der Waals surface area contributed by atoms with Crippen LogP contribution in [0.1, 0.15) is 27.2 Å². The number of amides is 1. The average Bonchev–Trinajstić information content (AvgIpc) is 3.26. The molecule has 8 nitrogen and oxygen atoms in total. The minimum atomic E-state index is -3.87. The minimum Gasteiger partial charge on any atom is -0.467 e. The standard InChI is InChI=1S/C23H21N3O5S/c1-15-4-9-21-17(11-15)12-18(22(27)25-21)13-26(14-19-3-2-10-31-19)23(28)16-5-7-20(8-6-16)32(24,29)30/h2-12H,13-14H2,1H3,(H,25,27)(H2,24,29,30). The van der Waals surface area contributed by atoms with Crippen LogP contribution in [0.3, 0.4) is 0 Å². The number of primary sulfonamides is 1. The first-order chi connectivity index (χ1) is 15.2. The number of hydrogen-bond acceptors (Lipinski definition) is 5. The first-order valence-electron chi connectivity index (χ1n) is 9.78. The SMILES string of the molecule is Cc1ccc2[nH]c(=O)c(CN(Cc3ccco3)C(=O)c3ccc(S(N)(=O)=O)cc3)cc2c1. The molecule has 0 aliphatic heterocycles. The Bertz CT molecular complexity index is 1440. The summed E-state index contributed by atoms with van der Waals surface area (Å²) in [5.74, 6) is 0.165. The van der Waals surface area contributed by atoms with Crippen LogP contribution in [0.15, 0.2) is 81.0 Å². The average molecular weight is 452 g/mol. The summed E-state index contributed by atoms with van der Waals surface area (Å²) < 4.78 is 28.4. The van der Waals surface area contributed by atoms with E-state index in [9.17, 15) is 18.0 Å². The molecule has 0 aliphatic rings. The molecule has 0 unspecified atom stereocenters. The van der Waals surface area contributed by atoms with Gasteiger partial charge in [0.15, 0.2) is 0 Å². The highest BCUT2D eigenvalue weighted by Gasteiger charge is 2.20. The van der Waals surface area contributed by atoms with Gasteiger partial charge in [0.2, 0.25) is 10.0 Å². The molecule has 0 atom stereocenters. The van der Waals surface area contributed by atoms with Gasteiger partial charge in [-0.25, -0.2) is 13.6 Å². The fourth-order valence-corrected chi connectivity index (χ4v) is 3.97. The highest BCUT2D eigenvalue weighted by molar-refractivity contribution is 7.89. The number of rotatable bonds is 6. The molecule has 4 aromatic rings. The Kier molecular flexibility index (Phi) is 5.68. The summed E-state index contributed by atoms with van der Waals surface area (Å²) in [6, 6.07) is 16.3. The molecule has 2 aromatic heterocycles. The third kappa shape index (κ3) is 4.63. The summed E-state index contributed by atoms with van der Waals surface area (Å²) in [5.41, 5.74) is 2.16. The number of fused-ring (bicyclic) bond motifs is 1. The molecule has 0 fully saturated rings. The topological polar surface area (TPSA) is 126 Å². The number of aromatic amines is 1. The lowest BCUT2D eigenvalue weighted by atomic mass is 10.1. The van der Waals surface area contributed by atoms with Gasteiger partial charge >= 0.3 is 0 Å².